The van der Waals surface area contributed by atoms with Gasteiger partial charge in [-0.15, -0.1) is 0 Å². The summed E-state index contributed by atoms with van der Waals surface area (Å²) in [5.74, 6) is -0.143. The average molecular weight is 265 g/mol. The minimum atomic E-state index is -1.03. The van der Waals surface area contributed by atoms with E-state index in [0.717, 1.165) is 18.8 Å². The fourth-order valence-corrected chi connectivity index (χ4v) is 2.79. The highest BCUT2D eigenvalue weighted by Crippen LogP contribution is 2.29. The third kappa shape index (κ3) is 3.69. The first-order chi connectivity index (χ1) is 9.06. The highest BCUT2D eigenvalue weighted by atomic mass is 19.1. The van der Waals surface area contributed by atoms with E-state index in [2.05, 4.69) is 12.2 Å². The molecule has 0 spiro atoms. The lowest BCUT2D eigenvalue weighted by atomic mass is 9.82. The zero-order valence-corrected chi connectivity index (χ0v) is 11.2. The van der Waals surface area contributed by atoms with Crippen molar-refractivity contribution >= 4 is 11.7 Å². The number of rotatable bonds is 4. The lowest BCUT2D eigenvalue weighted by Gasteiger charge is -2.27. The maximum Gasteiger partial charge on any atom is 0.335 e. The van der Waals surface area contributed by atoms with Crippen LogP contribution in [0.1, 0.15) is 43.0 Å². The maximum absolute atomic E-state index is 13.6. The van der Waals surface area contributed by atoms with Crippen molar-refractivity contribution < 1.29 is 14.3 Å². The fraction of sp³-hybridized carbons (Fsp3) is 0.533. The van der Waals surface area contributed by atoms with Gasteiger partial charge in [0.1, 0.15) is 5.82 Å². The van der Waals surface area contributed by atoms with Crippen LogP contribution in [0.4, 0.5) is 10.1 Å². The van der Waals surface area contributed by atoms with Crippen molar-refractivity contribution in [2.75, 3.05) is 11.9 Å². The van der Waals surface area contributed by atoms with Gasteiger partial charge < -0.3 is 10.4 Å². The molecule has 0 aromatic heterocycles. The highest BCUT2D eigenvalue weighted by molar-refractivity contribution is 5.88. The molecule has 0 bridgehead atoms. The molecule has 0 aliphatic heterocycles. The Morgan fingerprint density at radius 3 is 2.95 bits per heavy atom. The summed E-state index contributed by atoms with van der Waals surface area (Å²) in [6.45, 7) is 2.96. The molecule has 1 fully saturated rings. The van der Waals surface area contributed by atoms with E-state index in [0.29, 0.717) is 12.5 Å². The second kappa shape index (κ2) is 6.04. The quantitative estimate of drug-likeness (QED) is 0.871. The van der Waals surface area contributed by atoms with Crippen LogP contribution in [-0.4, -0.2) is 17.6 Å². The molecule has 0 heterocycles. The van der Waals surface area contributed by atoms with Gasteiger partial charge >= 0.3 is 5.97 Å². The zero-order chi connectivity index (χ0) is 13.8. The molecule has 0 radical (unpaired) electrons. The first kappa shape index (κ1) is 13.8. The monoisotopic (exact) mass is 265 g/mol. The summed E-state index contributed by atoms with van der Waals surface area (Å²) in [6, 6.07) is 3.85. The van der Waals surface area contributed by atoms with E-state index in [1.807, 2.05) is 0 Å². The first-order valence-electron chi connectivity index (χ1n) is 6.83. The first-order valence-corrected chi connectivity index (χ1v) is 6.83. The summed E-state index contributed by atoms with van der Waals surface area (Å²) in [5.41, 5.74) is 0.402. The van der Waals surface area contributed by atoms with Gasteiger partial charge in [-0.3, -0.25) is 0 Å². The van der Waals surface area contributed by atoms with Crippen molar-refractivity contribution in [2.45, 2.75) is 32.6 Å². The number of anilines is 1. The molecular formula is C15H20FNO2. The molecule has 4 heteroatoms. The van der Waals surface area contributed by atoms with Gasteiger partial charge in [-0.1, -0.05) is 19.8 Å². The van der Waals surface area contributed by atoms with Crippen LogP contribution in [0.25, 0.3) is 0 Å². The molecule has 1 aliphatic rings. The maximum atomic E-state index is 13.6. The Hall–Kier alpha value is -1.58. The summed E-state index contributed by atoms with van der Waals surface area (Å²) < 4.78 is 13.6. The predicted octanol–water partition coefficient (Wildman–Crippen LogP) is 3.76. The second-order valence-corrected chi connectivity index (χ2v) is 5.52. The Bertz CT molecular complexity index is 461. The number of hydrogen-bond donors (Lipinski definition) is 2. The minimum Gasteiger partial charge on any atom is -0.478 e. The van der Waals surface area contributed by atoms with Gasteiger partial charge in [0, 0.05) is 6.54 Å². The number of nitrogens with one attached hydrogen (secondary N) is 1. The van der Waals surface area contributed by atoms with Gasteiger partial charge in [0.05, 0.1) is 11.3 Å². The summed E-state index contributed by atoms with van der Waals surface area (Å²) in [5, 5.41) is 12.0. The van der Waals surface area contributed by atoms with E-state index in [9.17, 15) is 9.18 Å². The van der Waals surface area contributed by atoms with Gasteiger partial charge in [0.2, 0.25) is 0 Å². The van der Waals surface area contributed by atoms with Gasteiger partial charge in [-0.05, 0) is 42.9 Å². The van der Waals surface area contributed by atoms with Crippen molar-refractivity contribution in [3.8, 4) is 0 Å². The third-order valence-corrected chi connectivity index (χ3v) is 3.84. The van der Waals surface area contributed by atoms with E-state index < -0.39 is 11.8 Å². The van der Waals surface area contributed by atoms with Crippen LogP contribution in [0.5, 0.6) is 0 Å². The smallest absolute Gasteiger partial charge is 0.335 e. The molecule has 2 rings (SSSR count). The predicted molar refractivity (Wildman–Crippen MR) is 73.0 cm³/mol. The van der Waals surface area contributed by atoms with Crippen LogP contribution in [0.3, 0.4) is 0 Å². The van der Waals surface area contributed by atoms with Gasteiger partial charge in [-0.25, -0.2) is 9.18 Å². The Labute approximate surface area is 112 Å². The van der Waals surface area contributed by atoms with Gasteiger partial charge in [-0.2, -0.15) is 0 Å². The largest absolute Gasteiger partial charge is 0.478 e. The van der Waals surface area contributed by atoms with Crippen LogP contribution >= 0.6 is 0 Å². The highest BCUT2D eigenvalue weighted by Gasteiger charge is 2.19. The normalized spacial score (nSPS) is 23.1. The number of carbonyl (C=O) groups is 1. The van der Waals surface area contributed by atoms with Crippen LogP contribution in [-0.2, 0) is 0 Å². The Morgan fingerprint density at radius 1 is 1.47 bits per heavy atom. The topological polar surface area (TPSA) is 49.3 Å². The van der Waals surface area contributed by atoms with Gasteiger partial charge in [0.25, 0.3) is 0 Å². The molecule has 2 atom stereocenters. The average Bonchev–Trinajstić information content (AvgIpc) is 2.37. The summed E-state index contributed by atoms with van der Waals surface area (Å²) in [7, 11) is 0. The van der Waals surface area contributed by atoms with Crippen molar-refractivity contribution in [3.05, 3.63) is 29.6 Å². The fourth-order valence-electron chi connectivity index (χ4n) is 2.79. The lowest BCUT2D eigenvalue weighted by molar-refractivity contribution is 0.0697. The SMILES string of the molecule is CC1CCCC(CNc2cc(C(=O)O)ccc2F)C1. The van der Waals surface area contributed by atoms with E-state index in [1.165, 1.54) is 31.0 Å². The Morgan fingerprint density at radius 2 is 2.26 bits per heavy atom. The number of carboxylic acid groups (broad SMARTS) is 1. The zero-order valence-electron chi connectivity index (χ0n) is 11.2. The van der Waals surface area contributed by atoms with E-state index >= 15 is 0 Å². The summed E-state index contributed by atoms with van der Waals surface area (Å²) >= 11 is 0. The molecule has 2 unspecified atom stereocenters. The van der Waals surface area contributed by atoms with Crippen molar-refractivity contribution in [1.82, 2.24) is 0 Å². The van der Waals surface area contributed by atoms with E-state index in [4.69, 9.17) is 5.11 Å². The molecule has 1 aromatic carbocycles. The summed E-state index contributed by atoms with van der Waals surface area (Å²) in [4.78, 5) is 10.9. The van der Waals surface area contributed by atoms with Crippen molar-refractivity contribution in [1.29, 1.82) is 0 Å². The number of hydrogen-bond acceptors (Lipinski definition) is 2. The van der Waals surface area contributed by atoms with E-state index in [1.54, 1.807) is 0 Å². The molecule has 0 saturated heterocycles. The molecule has 2 N–H and O–H groups in total. The molecular weight excluding hydrogens is 245 g/mol. The Balaban J connectivity index is 1.98. The molecule has 1 aliphatic carbocycles. The Kier molecular flexibility index (Phi) is 4.40. The second-order valence-electron chi connectivity index (χ2n) is 5.52. The van der Waals surface area contributed by atoms with Gasteiger partial charge in [0.15, 0.2) is 0 Å². The van der Waals surface area contributed by atoms with Crippen LogP contribution in [0.15, 0.2) is 18.2 Å². The van der Waals surface area contributed by atoms with Crippen molar-refractivity contribution in [2.24, 2.45) is 11.8 Å². The third-order valence-electron chi connectivity index (χ3n) is 3.84. The number of aromatic carboxylic acids is 1. The molecule has 19 heavy (non-hydrogen) atoms. The van der Waals surface area contributed by atoms with E-state index in [-0.39, 0.29) is 11.3 Å². The standard InChI is InChI=1S/C15H20FNO2/c1-10-3-2-4-11(7-10)9-17-14-8-12(15(18)19)5-6-13(14)16/h5-6,8,10-11,17H,2-4,7,9H2,1H3,(H,18,19). The number of halogens is 1. The molecule has 0 amide bonds. The summed E-state index contributed by atoms with van der Waals surface area (Å²) in [6.07, 6.45) is 4.83. The van der Waals surface area contributed by atoms with Crippen molar-refractivity contribution in [3.63, 3.8) is 0 Å². The minimum absolute atomic E-state index is 0.112. The lowest BCUT2D eigenvalue weighted by Crippen LogP contribution is -2.21. The molecule has 3 nitrogen and oxygen atoms in total. The van der Waals surface area contributed by atoms with Crippen LogP contribution < -0.4 is 5.32 Å². The number of benzene rings is 1. The molecule has 104 valence electrons. The van der Waals surface area contributed by atoms with Crippen LogP contribution in [0.2, 0.25) is 0 Å². The molecule has 1 aromatic rings. The van der Waals surface area contributed by atoms with Crippen LogP contribution in [0, 0.1) is 17.7 Å². The molecule has 1 saturated carbocycles. The number of carboxylic acids is 1.